The van der Waals surface area contributed by atoms with E-state index in [1.165, 1.54) is 19.5 Å². The van der Waals surface area contributed by atoms with Gasteiger partial charge in [0.2, 0.25) is 5.88 Å². The molecule has 0 atom stereocenters. The standard InChI is InChI=1S/C19H13N3O5S/c1-26-15-8-20-11(7-21-15)17-16(19(24)25)12(9-28-17)22-18(23)14-6-10-4-2-3-5-13(10)27-14/h2-9H,1H3,(H,22,23)(H,24,25). The number of aromatic nitrogens is 2. The van der Waals surface area contributed by atoms with E-state index in [9.17, 15) is 14.7 Å². The van der Waals surface area contributed by atoms with E-state index in [1.807, 2.05) is 12.1 Å². The molecule has 0 saturated heterocycles. The van der Waals surface area contributed by atoms with Gasteiger partial charge in [0, 0.05) is 10.8 Å². The summed E-state index contributed by atoms with van der Waals surface area (Å²) in [7, 11) is 1.46. The molecule has 0 bridgehead atoms. The number of fused-ring (bicyclic) bond motifs is 1. The molecule has 0 aliphatic rings. The second-order valence-corrected chi connectivity index (χ2v) is 6.58. The van der Waals surface area contributed by atoms with Crippen LogP contribution in [0.15, 0.2) is 52.5 Å². The number of anilines is 1. The average molecular weight is 395 g/mol. The molecule has 0 aliphatic carbocycles. The minimum Gasteiger partial charge on any atom is -0.480 e. The fraction of sp³-hybridized carbons (Fsp3) is 0.0526. The highest BCUT2D eigenvalue weighted by atomic mass is 32.1. The number of rotatable bonds is 5. The zero-order valence-corrected chi connectivity index (χ0v) is 15.3. The summed E-state index contributed by atoms with van der Waals surface area (Å²) in [6.45, 7) is 0. The Hall–Kier alpha value is -3.72. The maximum atomic E-state index is 12.6. The summed E-state index contributed by atoms with van der Waals surface area (Å²) in [5.74, 6) is -1.32. The van der Waals surface area contributed by atoms with E-state index in [0.717, 1.165) is 16.7 Å². The van der Waals surface area contributed by atoms with Crippen LogP contribution >= 0.6 is 11.3 Å². The van der Waals surface area contributed by atoms with Crippen LogP contribution in [0.1, 0.15) is 20.9 Å². The molecule has 9 heteroatoms. The largest absolute Gasteiger partial charge is 0.480 e. The normalized spacial score (nSPS) is 10.8. The highest BCUT2D eigenvalue weighted by Gasteiger charge is 2.23. The van der Waals surface area contributed by atoms with E-state index in [0.29, 0.717) is 22.0 Å². The van der Waals surface area contributed by atoms with Gasteiger partial charge in [-0.1, -0.05) is 18.2 Å². The Morgan fingerprint density at radius 1 is 1.21 bits per heavy atom. The van der Waals surface area contributed by atoms with E-state index < -0.39 is 11.9 Å². The predicted octanol–water partition coefficient (Wildman–Crippen LogP) is 3.91. The molecule has 0 unspecified atom stereocenters. The van der Waals surface area contributed by atoms with Crippen molar-refractivity contribution < 1.29 is 23.8 Å². The summed E-state index contributed by atoms with van der Waals surface area (Å²) in [6, 6.07) is 8.82. The number of carbonyl (C=O) groups excluding carboxylic acids is 1. The lowest BCUT2D eigenvalue weighted by Gasteiger charge is -2.05. The number of carboxylic acids is 1. The number of furan rings is 1. The number of para-hydroxylation sites is 1. The Kier molecular flexibility index (Phi) is 4.50. The molecule has 3 aromatic heterocycles. The summed E-state index contributed by atoms with van der Waals surface area (Å²) < 4.78 is 10.5. The molecule has 0 fully saturated rings. The first-order chi connectivity index (χ1) is 13.6. The summed E-state index contributed by atoms with van der Waals surface area (Å²) in [4.78, 5) is 33.0. The second kappa shape index (κ2) is 7.12. The molecule has 3 heterocycles. The van der Waals surface area contributed by atoms with Crippen LogP contribution in [0.3, 0.4) is 0 Å². The third-order valence-electron chi connectivity index (χ3n) is 3.97. The molecule has 140 valence electrons. The van der Waals surface area contributed by atoms with Crippen LogP contribution in [0.5, 0.6) is 5.88 Å². The molecule has 0 aliphatic heterocycles. The Balaban J connectivity index is 1.66. The van der Waals surface area contributed by atoms with Gasteiger partial charge in [-0.15, -0.1) is 11.3 Å². The van der Waals surface area contributed by atoms with Crippen molar-refractivity contribution in [2.45, 2.75) is 0 Å². The number of thiophene rings is 1. The number of methoxy groups -OCH3 is 1. The van der Waals surface area contributed by atoms with Crippen LogP contribution in [-0.2, 0) is 0 Å². The first-order valence-electron chi connectivity index (χ1n) is 8.08. The van der Waals surface area contributed by atoms with Gasteiger partial charge in [0.15, 0.2) is 5.76 Å². The van der Waals surface area contributed by atoms with Crippen molar-refractivity contribution in [1.29, 1.82) is 0 Å². The van der Waals surface area contributed by atoms with Gasteiger partial charge in [0.05, 0.1) is 35.8 Å². The highest BCUT2D eigenvalue weighted by molar-refractivity contribution is 7.14. The maximum absolute atomic E-state index is 12.6. The number of nitrogens with zero attached hydrogens (tertiary/aromatic N) is 2. The minimum absolute atomic E-state index is 0.0612. The molecule has 28 heavy (non-hydrogen) atoms. The molecule has 1 aromatic carbocycles. The van der Waals surface area contributed by atoms with Crippen molar-refractivity contribution in [3.05, 3.63) is 59.4 Å². The van der Waals surface area contributed by atoms with Gasteiger partial charge in [-0.3, -0.25) is 4.79 Å². The number of aromatic carboxylic acids is 1. The monoisotopic (exact) mass is 395 g/mol. The number of carbonyl (C=O) groups is 2. The number of hydrogen-bond acceptors (Lipinski definition) is 7. The molecule has 1 amide bonds. The number of hydrogen-bond donors (Lipinski definition) is 2. The summed E-state index contributed by atoms with van der Waals surface area (Å²) in [5.41, 5.74) is 1.04. The quantitative estimate of drug-likeness (QED) is 0.526. The molecule has 4 rings (SSSR count). The van der Waals surface area contributed by atoms with E-state index in [2.05, 4.69) is 15.3 Å². The summed E-state index contributed by atoms with van der Waals surface area (Å²) in [6.07, 6.45) is 2.81. The van der Waals surface area contributed by atoms with Crippen LogP contribution in [0.2, 0.25) is 0 Å². The lowest BCUT2D eigenvalue weighted by Crippen LogP contribution is -2.13. The second-order valence-electron chi connectivity index (χ2n) is 5.71. The molecular formula is C19H13N3O5S. The molecule has 0 spiro atoms. The Morgan fingerprint density at radius 2 is 2.04 bits per heavy atom. The molecule has 2 N–H and O–H groups in total. The predicted molar refractivity (Wildman–Crippen MR) is 103 cm³/mol. The van der Waals surface area contributed by atoms with Crippen molar-refractivity contribution in [2.75, 3.05) is 12.4 Å². The van der Waals surface area contributed by atoms with Gasteiger partial charge in [-0.2, -0.15) is 0 Å². The number of nitrogens with one attached hydrogen (secondary N) is 1. The first-order valence-corrected chi connectivity index (χ1v) is 8.96. The van der Waals surface area contributed by atoms with E-state index in [4.69, 9.17) is 9.15 Å². The van der Waals surface area contributed by atoms with E-state index >= 15 is 0 Å². The van der Waals surface area contributed by atoms with Gasteiger partial charge < -0.3 is 19.6 Å². The van der Waals surface area contributed by atoms with Crippen molar-refractivity contribution in [2.24, 2.45) is 0 Å². The Bertz CT molecular complexity index is 1150. The fourth-order valence-corrected chi connectivity index (χ4v) is 3.62. The highest BCUT2D eigenvalue weighted by Crippen LogP contribution is 2.35. The van der Waals surface area contributed by atoms with Gasteiger partial charge >= 0.3 is 5.97 Å². The van der Waals surface area contributed by atoms with Crippen molar-refractivity contribution in [1.82, 2.24) is 9.97 Å². The lowest BCUT2D eigenvalue weighted by molar-refractivity contribution is 0.0699. The minimum atomic E-state index is -1.19. The van der Waals surface area contributed by atoms with E-state index in [-0.39, 0.29) is 17.0 Å². The molecule has 0 radical (unpaired) electrons. The van der Waals surface area contributed by atoms with Crippen LogP contribution in [0.4, 0.5) is 5.69 Å². The van der Waals surface area contributed by atoms with Gasteiger partial charge in [-0.05, 0) is 12.1 Å². The molecule has 4 aromatic rings. The molecular weight excluding hydrogens is 382 g/mol. The van der Waals surface area contributed by atoms with E-state index in [1.54, 1.807) is 23.6 Å². The number of carboxylic acid groups (broad SMARTS) is 1. The van der Waals surface area contributed by atoms with Crippen LogP contribution in [0, 0.1) is 0 Å². The van der Waals surface area contributed by atoms with Crippen molar-refractivity contribution in [3.63, 3.8) is 0 Å². The Labute approximate surface area is 162 Å². The number of benzene rings is 1. The number of ether oxygens (including phenoxy) is 1. The topological polar surface area (TPSA) is 115 Å². The third kappa shape index (κ3) is 3.19. The SMILES string of the molecule is COc1cnc(-c2scc(NC(=O)c3cc4ccccc4o3)c2C(=O)O)cn1. The zero-order valence-electron chi connectivity index (χ0n) is 14.5. The summed E-state index contributed by atoms with van der Waals surface area (Å²) >= 11 is 1.14. The lowest BCUT2D eigenvalue weighted by atomic mass is 10.2. The van der Waals surface area contributed by atoms with Gasteiger partial charge in [0.1, 0.15) is 11.1 Å². The van der Waals surface area contributed by atoms with Gasteiger partial charge in [0.25, 0.3) is 5.91 Å². The van der Waals surface area contributed by atoms with Crippen molar-refractivity contribution >= 4 is 39.9 Å². The van der Waals surface area contributed by atoms with Crippen LogP contribution in [-0.4, -0.2) is 34.1 Å². The van der Waals surface area contributed by atoms with Crippen molar-refractivity contribution in [3.8, 4) is 16.5 Å². The van der Waals surface area contributed by atoms with Crippen LogP contribution < -0.4 is 10.1 Å². The van der Waals surface area contributed by atoms with Gasteiger partial charge in [-0.25, -0.2) is 14.8 Å². The molecule has 0 saturated carbocycles. The van der Waals surface area contributed by atoms with Crippen LogP contribution in [0.25, 0.3) is 21.5 Å². The maximum Gasteiger partial charge on any atom is 0.339 e. The smallest absolute Gasteiger partial charge is 0.339 e. The molecule has 8 nitrogen and oxygen atoms in total. The Morgan fingerprint density at radius 3 is 2.71 bits per heavy atom. The summed E-state index contributed by atoms with van der Waals surface area (Å²) in [5, 5.41) is 14.6. The number of amides is 1. The average Bonchev–Trinajstić information content (AvgIpc) is 3.32. The fourth-order valence-electron chi connectivity index (χ4n) is 2.67. The first kappa shape index (κ1) is 17.7. The zero-order chi connectivity index (χ0) is 19.7. The third-order valence-corrected chi connectivity index (χ3v) is 4.97.